The van der Waals surface area contributed by atoms with Gasteiger partial charge in [0.2, 0.25) is 0 Å². The Morgan fingerprint density at radius 1 is 1.14 bits per heavy atom. The molecule has 0 unspecified atom stereocenters. The molecule has 0 aromatic carbocycles. The summed E-state index contributed by atoms with van der Waals surface area (Å²) in [5, 5.41) is 0. The van der Waals surface area contributed by atoms with Gasteiger partial charge >= 0.3 is 0 Å². The molecule has 4 heteroatoms. The molecule has 14 heavy (non-hydrogen) atoms. The van der Waals surface area contributed by atoms with Crippen LogP contribution in [-0.2, 0) is 0 Å². The summed E-state index contributed by atoms with van der Waals surface area (Å²) in [6.45, 7) is 10.2. The van der Waals surface area contributed by atoms with Crippen molar-refractivity contribution >= 4 is 6.34 Å². The summed E-state index contributed by atoms with van der Waals surface area (Å²) in [5.74, 6) is 0. The van der Waals surface area contributed by atoms with Gasteiger partial charge in [-0.1, -0.05) is 0 Å². The molecule has 3 aliphatic heterocycles. The molecule has 0 spiro atoms. The monoisotopic (exact) mass is 198 g/mol. The highest BCUT2D eigenvalue weighted by atomic mass is 15.5. The van der Waals surface area contributed by atoms with Gasteiger partial charge in [-0.3, -0.25) is 4.99 Å². The van der Waals surface area contributed by atoms with Gasteiger partial charge in [-0.15, -0.1) is 0 Å². The van der Waals surface area contributed by atoms with Crippen molar-refractivity contribution in [2.45, 2.75) is 0 Å². The normalized spacial score (nSPS) is 42.1. The van der Waals surface area contributed by atoms with E-state index in [2.05, 4.69) is 12.0 Å². The Bertz CT molecular complexity index is 212. The number of nitrogens with zero attached hydrogens (tertiary/aromatic N) is 3. The van der Waals surface area contributed by atoms with Crippen LogP contribution in [0.15, 0.2) is 4.99 Å². The van der Waals surface area contributed by atoms with Crippen molar-refractivity contribution in [3.8, 4) is 0 Å². The maximum atomic E-state index is 5.26. The number of aliphatic imine (C=N–C) groups is 1. The van der Waals surface area contributed by atoms with Crippen molar-refractivity contribution in [1.82, 2.24) is 0 Å². The number of rotatable bonds is 3. The molecule has 0 saturated carbocycles. The van der Waals surface area contributed by atoms with Crippen LogP contribution >= 0.6 is 0 Å². The van der Waals surface area contributed by atoms with Gasteiger partial charge in [0, 0.05) is 0 Å². The number of nitrogens with two attached hydrogens (primary N) is 1. The number of quaternary nitrogens is 2. The van der Waals surface area contributed by atoms with Crippen LogP contribution in [-0.4, -0.2) is 74.7 Å². The Morgan fingerprint density at radius 2 is 1.71 bits per heavy atom. The third-order valence-corrected chi connectivity index (χ3v) is 4.15. The maximum absolute atomic E-state index is 5.26. The highest BCUT2D eigenvalue weighted by Crippen LogP contribution is 2.24. The fourth-order valence-corrected chi connectivity index (χ4v) is 2.71. The summed E-state index contributed by atoms with van der Waals surface area (Å²) in [6.07, 6.45) is 1.44. The van der Waals surface area contributed by atoms with Gasteiger partial charge in [-0.05, 0) is 0 Å². The average Bonchev–Trinajstić information content (AvgIpc) is 2.21. The topological polar surface area (TPSA) is 38.4 Å². The molecule has 3 aliphatic rings. The molecule has 0 aromatic heterocycles. The molecule has 0 radical (unpaired) electrons. The van der Waals surface area contributed by atoms with E-state index in [-0.39, 0.29) is 0 Å². The second-order valence-corrected chi connectivity index (χ2v) is 5.08. The molecule has 3 rings (SSSR count). The molecule has 3 heterocycles. The highest BCUT2D eigenvalue weighted by Gasteiger charge is 2.46. The minimum absolute atomic E-state index is 0.903. The predicted molar refractivity (Wildman–Crippen MR) is 58.1 cm³/mol. The van der Waals surface area contributed by atoms with Gasteiger partial charge in [0.1, 0.15) is 39.3 Å². The van der Waals surface area contributed by atoms with Gasteiger partial charge < -0.3 is 14.7 Å². The van der Waals surface area contributed by atoms with Crippen molar-refractivity contribution in [2.24, 2.45) is 10.7 Å². The van der Waals surface area contributed by atoms with E-state index >= 15 is 0 Å². The van der Waals surface area contributed by atoms with Crippen molar-refractivity contribution in [3.05, 3.63) is 0 Å². The lowest BCUT2D eigenvalue weighted by Crippen LogP contribution is -2.74. The Morgan fingerprint density at radius 3 is 2.21 bits per heavy atom. The van der Waals surface area contributed by atoms with Crippen LogP contribution in [0.4, 0.5) is 0 Å². The van der Waals surface area contributed by atoms with Crippen LogP contribution in [0.5, 0.6) is 0 Å². The predicted octanol–water partition coefficient (Wildman–Crippen LogP) is -0.736. The Labute approximate surface area is 86.2 Å². The summed E-state index contributed by atoms with van der Waals surface area (Å²) < 4.78 is 2.60. The first-order valence-corrected chi connectivity index (χ1v) is 5.57. The molecule has 3 saturated heterocycles. The minimum atomic E-state index is 0.903. The van der Waals surface area contributed by atoms with Crippen molar-refractivity contribution in [3.63, 3.8) is 0 Å². The summed E-state index contributed by atoms with van der Waals surface area (Å²) >= 11 is 0. The van der Waals surface area contributed by atoms with Gasteiger partial charge in [0.05, 0.1) is 26.5 Å². The highest BCUT2D eigenvalue weighted by molar-refractivity contribution is 5.50. The zero-order chi connectivity index (χ0) is 10.1. The van der Waals surface area contributed by atoms with Crippen LogP contribution in [0, 0.1) is 0 Å². The lowest BCUT2D eigenvalue weighted by atomic mass is 10.1. The second-order valence-electron chi connectivity index (χ2n) is 5.08. The minimum Gasteiger partial charge on any atom is -0.390 e. The van der Waals surface area contributed by atoms with E-state index in [1.165, 1.54) is 61.1 Å². The Kier molecular flexibility index (Phi) is 2.49. The number of hydrogen-bond acceptors (Lipinski definition) is 1. The largest absolute Gasteiger partial charge is 0.390 e. The zero-order valence-electron chi connectivity index (χ0n) is 9.15. The molecule has 0 atom stereocenters. The first kappa shape index (κ1) is 9.93. The number of likely N-dealkylation sites (N-methyl/N-ethyl adjacent to an activating group) is 1. The van der Waals surface area contributed by atoms with Gasteiger partial charge in [0.15, 0.2) is 0 Å². The van der Waals surface area contributed by atoms with Crippen LogP contribution in [0.25, 0.3) is 0 Å². The van der Waals surface area contributed by atoms with Crippen LogP contribution in [0.1, 0.15) is 0 Å². The lowest BCUT2D eigenvalue weighted by molar-refractivity contribution is -1.07. The smallest absolute Gasteiger partial charge is 0.129 e. The summed E-state index contributed by atoms with van der Waals surface area (Å²) in [4.78, 5) is 4.13. The number of fused-ring (bicyclic) bond motifs is 3. The molecular weight excluding hydrogens is 176 g/mol. The summed E-state index contributed by atoms with van der Waals surface area (Å²) in [5.41, 5.74) is 5.26. The van der Waals surface area contributed by atoms with E-state index in [4.69, 9.17) is 5.73 Å². The number of piperazine rings is 3. The van der Waals surface area contributed by atoms with E-state index in [1.807, 2.05) is 0 Å². The first-order valence-electron chi connectivity index (χ1n) is 5.57. The second kappa shape index (κ2) is 3.51. The molecule has 2 N–H and O–H groups in total. The fraction of sp³-hybridized carbons (Fsp3) is 0.900. The van der Waals surface area contributed by atoms with Gasteiger partial charge in [-0.25, -0.2) is 0 Å². The summed E-state index contributed by atoms with van der Waals surface area (Å²) in [7, 11) is 2.39. The van der Waals surface area contributed by atoms with Crippen LogP contribution < -0.4 is 5.73 Å². The number of hydrogen-bond donors (Lipinski definition) is 1. The van der Waals surface area contributed by atoms with Crippen LogP contribution in [0.3, 0.4) is 0 Å². The Hall–Kier alpha value is -0.610. The molecule has 0 aromatic rings. The summed E-state index contributed by atoms with van der Waals surface area (Å²) in [6, 6.07) is 0. The SMILES string of the molecule is C[N+]12CC[N+](CCN=CN)(CC1)CC2. The molecular formula is C10H22N4+2. The lowest BCUT2D eigenvalue weighted by Gasteiger charge is -2.53. The average molecular weight is 198 g/mol. The van der Waals surface area contributed by atoms with E-state index in [9.17, 15) is 0 Å². The van der Waals surface area contributed by atoms with E-state index in [0.29, 0.717) is 0 Å². The maximum Gasteiger partial charge on any atom is 0.129 e. The zero-order valence-corrected chi connectivity index (χ0v) is 9.15. The van der Waals surface area contributed by atoms with Gasteiger partial charge in [-0.2, -0.15) is 0 Å². The quantitative estimate of drug-likeness (QED) is 0.362. The molecule has 80 valence electrons. The third-order valence-electron chi connectivity index (χ3n) is 4.15. The van der Waals surface area contributed by atoms with E-state index < -0.39 is 0 Å². The van der Waals surface area contributed by atoms with E-state index in [0.717, 1.165) is 6.54 Å². The Balaban J connectivity index is 1.91. The standard InChI is InChI=1S/C10H22N4/c1-13-4-7-14(8-5-13,9-6-13)3-2-12-10-11/h10H,2-9H2,1H3,(H2,11,12)/q+2. The molecule has 4 nitrogen and oxygen atoms in total. The third kappa shape index (κ3) is 1.77. The molecule has 2 bridgehead atoms. The van der Waals surface area contributed by atoms with Crippen molar-refractivity contribution in [2.75, 3.05) is 59.4 Å². The molecule has 0 aliphatic carbocycles. The molecule has 0 amide bonds. The first-order chi connectivity index (χ1) is 6.68. The molecule has 3 fully saturated rings. The van der Waals surface area contributed by atoms with E-state index in [1.54, 1.807) is 0 Å². The van der Waals surface area contributed by atoms with Crippen molar-refractivity contribution < 1.29 is 8.97 Å². The van der Waals surface area contributed by atoms with Gasteiger partial charge in [0.25, 0.3) is 0 Å². The van der Waals surface area contributed by atoms with Crippen molar-refractivity contribution in [1.29, 1.82) is 0 Å². The van der Waals surface area contributed by atoms with Crippen LogP contribution in [0.2, 0.25) is 0 Å². The fourth-order valence-electron chi connectivity index (χ4n) is 2.71.